The van der Waals surface area contributed by atoms with Gasteiger partial charge in [-0.05, 0) is 45.0 Å². The van der Waals surface area contributed by atoms with E-state index in [2.05, 4.69) is 98.5 Å². The predicted octanol–water partition coefficient (Wildman–Crippen LogP) is 6.70. The number of ether oxygens (including phenoxy) is 4. The van der Waals surface area contributed by atoms with Gasteiger partial charge in [-0.2, -0.15) is 0 Å². The van der Waals surface area contributed by atoms with Crippen LogP contribution < -0.4 is 40.2 Å². The predicted molar refractivity (Wildman–Crippen MR) is 193 cm³/mol. The maximum atomic E-state index is 5.86. The van der Waals surface area contributed by atoms with Crippen molar-refractivity contribution in [2.24, 2.45) is 0 Å². The molecule has 4 unspecified atom stereocenters. The van der Waals surface area contributed by atoms with E-state index < -0.39 is 0 Å². The van der Waals surface area contributed by atoms with Crippen LogP contribution in [0.4, 0.5) is 0 Å². The second kappa shape index (κ2) is 16.2. The third-order valence-electron chi connectivity index (χ3n) is 6.93. The van der Waals surface area contributed by atoms with Gasteiger partial charge in [0.05, 0.1) is 39.5 Å². The Balaban J connectivity index is 1.88. The summed E-state index contributed by atoms with van der Waals surface area (Å²) in [7, 11) is 9.01. The summed E-state index contributed by atoms with van der Waals surface area (Å²) in [4.78, 5) is 2.76. The summed E-state index contributed by atoms with van der Waals surface area (Å²) in [5.41, 5.74) is 0.243. The molecule has 0 spiro atoms. The maximum absolute atomic E-state index is 5.86. The summed E-state index contributed by atoms with van der Waals surface area (Å²) in [6.07, 6.45) is 0. The lowest BCUT2D eigenvalue weighted by Gasteiger charge is -2.47. The van der Waals surface area contributed by atoms with E-state index in [9.17, 15) is 0 Å². The molecule has 0 aliphatic carbocycles. The lowest BCUT2D eigenvalue weighted by Crippen LogP contribution is -2.49. The fourth-order valence-electron chi connectivity index (χ4n) is 4.92. The van der Waals surface area contributed by atoms with Crippen LogP contribution in [0.1, 0.15) is 20.8 Å². The van der Waals surface area contributed by atoms with Crippen LogP contribution in [0.3, 0.4) is 0 Å². The zero-order valence-corrected chi connectivity index (χ0v) is 30.0. The highest BCUT2D eigenvalue weighted by atomic mass is 31.1. The van der Waals surface area contributed by atoms with Gasteiger partial charge in [0.15, 0.2) is 0 Å². The molecule has 0 N–H and O–H groups in total. The van der Waals surface area contributed by atoms with E-state index in [-0.39, 0.29) is 16.6 Å². The van der Waals surface area contributed by atoms with E-state index in [0.29, 0.717) is 34.3 Å². The van der Waals surface area contributed by atoms with Gasteiger partial charge in [-0.3, -0.25) is 4.90 Å². The molecule has 0 fully saturated rings. The molecule has 4 aromatic rings. The minimum Gasteiger partial charge on any atom is -0.496 e. The van der Waals surface area contributed by atoms with Crippen LogP contribution in [0.5, 0.6) is 23.0 Å². The minimum absolute atomic E-state index is 0.149. The van der Waals surface area contributed by atoms with Gasteiger partial charge < -0.3 is 18.9 Å². The Hall–Kier alpha value is -2.24. The fraction of sp³-hybridized carbons (Fsp3) is 0.294. The molecule has 0 amide bonds. The van der Waals surface area contributed by atoms with Crippen LogP contribution in [-0.4, -0.2) is 49.9 Å². The zero-order chi connectivity index (χ0) is 30.8. The molecule has 0 saturated heterocycles. The highest BCUT2D eigenvalue weighted by molar-refractivity contribution is 7.67. The van der Waals surface area contributed by atoms with Crippen LogP contribution in [0.25, 0.3) is 0 Å². The Morgan fingerprint density at radius 1 is 0.442 bits per heavy atom. The Labute approximate surface area is 264 Å². The molecule has 0 saturated carbocycles. The number of rotatable bonds is 14. The molecule has 0 bridgehead atoms. The first-order valence-corrected chi connectivity index (χ1v) is 18.5. The summed E-state index contributed by atoms with van der Waals surface area (Å²) in [6, 6.07) is 33.7. The second-order valence-corrected chi connectivity index (χ2v) is 17.4. The average Bonchev–Trinajstić information content (AvgIpc) is 3.01. The van der Waals surface area contributed by atoms with E-state index >= 15 is 0 Å². The molecule has 4 atom stereocenters. The smallest absolute Gasteiger partial charge is 0.126 e. The van der Waals surface area contributed by atoms with Crippen molar-refractivity contribution in [2.45, 2.75) is 37.4 Å². The van der Waals surface area contributed by atoms with E-state index in [0.717, 1.165) is 23.0 Å². The van der Waals surface area contributed by atoms with E-state index in [4.69, 9.17) is 18.9 Å². The van der Waals surface area contributed by atoms with Gasteiger partial charge in [0, 0.05) is 26.8 Å². The average molecular weight is 654 g/mol. The molecule has 228 valence electrons. The summed E-state index contributed by atoms with van der Waals surface area (Å²) in [5.74, 6) is 3.72. The normalized spacial score (nSPS) is 14.0. The molecule has 5 nitrogen and oxygen atoms in total. The molecule has 0 aromatic heterocycles. The number of hydrogen-bond donors (Lipinski definition) is 0. The largest absolute Gasteiger partial charge is 0.496 e. The quantitative estimate of drug-likeness (QED) is 0.142. The minimum atomic E-state index is -0.149. The summed E-state index contributed by atoms with van der Waals surface area (Å²) >= 11 is 0. The molecule has 9 heteroatoms. The first kappa shape index (κ1) is 33.6. The molecule has 0 radical (unpaired) electrons. The van der Waals surface area contributed by atoms with Crippen LogP contribution in [0.15, 0.2) is 97.1 Å². The molecule has 4 rings (SSSR count). The van der Waals surface area contributed by atoms with E-state index in [1.54, 1.807) is 28.4 Å². The van der Waals surface area contributed by atoms with Gasteiger partial charge in [-0.15, -0.1) is 0 Å². The van der Waals surface area contributed by atoms with Crippen molar-refractivity contribution in [3.05, 3.63) is 97.1 Å². The van der Waals surface area contributed by atoms with Crippen LogP contribution >= 0.6 is 34.3 Å². The SMILES string of the molecule is COc1ccccc1PC(Pc1ccccc1OC)N(C(Pc1ccccc1OC)Pc1ccccc1OC)C(C)(C)C. The first-order valence-electron chi connectivity index (χ1n) is 14.2. The van der Waals surface area contributed by atoms with Crippen molar-refractivity contribution in [1.29, 1.82) is 0 Å². The van der Waals surface area contributed by atoms with Crippen molar-refractivity contribution < 1.29 is 18.9 Å². The van der Waals surface area contributed by atoms with Crippen molar-refractivity contribution in [3.8, 4) is 23.0 Å². The van der Waals surface area contributed by atoms with Gasteiger partial charge in [0.2, 0.25) is 0 Å². The summed E-state index contributed by atoms with van der Waals surface area (Å²) in [5, 5.41) is 4.91. The lowest BCUT2D eigenvalue weighted by molar-refractivity contribution is 0.170. The molecular formula is C34H43NO4P4. The first-order chi connectivity index (χ1) is 20.8. The Kier molecular flexibility index (Phi) is 12.7. The van der Waals surface area contributed by atoms with Crippen molar-refractivity contribution in [2.75, 3.05) is 28.4 Å². The third kappa shape index (κ3) is 8.91. The van der Waals surface area contributed by atoms with Crippen LogP contribution in [0.2, 0.25) is 0 Å². The topological polar surface area (TPSA) is 40.2 Å². The van der Waals surface area contributed by atoms with Gasteiger partial charge in [0.25, 0.3) is 0 Å². The number of para-hydroxylation sites is 4. The van der Waals surface area contributed by atoms with E-state index in [1.165, 1.54) is 21.2 Å². The van der Waals surface area contributed by atoms with Crippen LogP contribution in [-0.2, 0) is 0 Å². The molecule has 4 aromatic carbocycles. The zero-order valence-electron chi connectivity index (χ0n) is 26.0. The van der Waals surface area contributed by atoms with Gasteiger partial charge in [0.1, 0.15) is 23.0 Å². The number of nitrogens with zero attached hydrogens (tertiary/aromatic N) is 1. The molecule has 0 aliphatic heterocycles. The molecule has 0 heterocycles. The van der Waals surface area contributed by atoms with Crippen molar-refractivity contribution in [3.63, 3.8) is 0 Å². The third-order valence-corrected chi connectivity index (χ3v) is 13.8. The van der Waals surface area contributed by atoms with Crippen LogP contribution in [0, 0.1) is 0 Å². The highest BCUT2D eigenvalue weighted by Crippen LogP contribution is 2.50. The Morgan fingerprint density at radius 2 is 0.674 bits per heavy atom. The maximum Gasteiger partial charge on any atom is 0.126 e. The molecular weight excluding hydrogens is 610 g/mol. The molecule has 43 heavy (non-hydrogen) atoms. The standard InChI is InChI=1S/C34H43NO4P4/c1-34(2,3)35(32(40-28-20-12-8-16-24(28)36-4)41-29-21-13-9-17-25(29)37-5)33(42-30-22-14-10-18-26(30)38-6)43-31-23-15-11-19-27(31)39-7/h8-23,32-33,40-43H,1-7H3. The van der Waals surface area contributed by atoms with Gasteiger partial charge in [-0.25, -0.2) is 0 Å². The van der Waals surface area contributed by atoms with Crippen molar-refractivity contribution in [1.82, 2.24) is 4.90 Å². The van der Waals surface area contributed by atoms with Crippen molar-refractivity contribution >= 4 is 55.5 Å². The Morgan fingerprint density at radius 3 is 0.884 bits per heavy atom. The summed E-state index contributed by atoms with van der Waals surface area (Å²) < 4.78 is 23.4. The second-order valence-electron chi connectivity index (χ2n) is 10.8. The van der Waals surface area contributed by atoms with E-state index in [1.807, 2.05) is 24.3 Å². The monoisotopic (exact) mass is 653 g/mol. The lowest BCUT2D eigenvalue weighted by atomic mass is 10.1. The van der Waals surface area contributed by atoms with Gasteiger partial charge in [-0.1, -0.05) is 107 Å². The highest BCUT2D eigenvalue weighted by Gasteiger charge is 2.37. The summed E-state index contributed by atoms with van der Waals surface area (Å²) in [6.45, 7) is 7.02. The number of benzene rings is 4. The number of methoxy groups -OCH3 is 4. The molecule has 0 aliphatic rings. The van der Waals surface area contributed by atoms with Gasteiger partial charge >= 0.3 is 0 Å². The number of hydrogen-bond acceptors (Lipinski definition) is 5. The fourth-order valence-corrected chi connectivity index (χ4v) is 13.9. The Bertz CT molecular complexity index is 1260.